The lowest BCUT2D eigenvalue weighted by molar-refractivity contribution is -0.115. The molecule has 0 saturated carbocycles. The number of hydrogen-bond acceptors (Lipinski definition) is 6. The molecule has 0 spiro atoms. The quantitative estimate of drug-likeness (QED) is 0.646. The molecule has 3 aromatic rings. The van der Waals surface area contributed by atoms with Crippen molar-refractivity contribution in [2.45, 2.75) is 17.3 Å². The van der Waals surface area contributed by atoms with Gasteiger partial charge in [0, 0.05) is 5.69 Å². The fourth-order valence-corrected chi connectivity index (χ4v) is 3.73. The van der Waals surface area contributed by atoms with Crippen molar-refractivity contribution >= 4 is 39.9 Å². The van der Waals surface area contributed by atoms with Crippen LogP contribution in [0, 0.1) is 0 Å². The van der Waals surface area contributed by atoms with Gasteiger partial charge in [0.05, 0.1) is 10.8 Å². The zero-order chi connectivity index (χ0) is 17.8. The lowest BCUT2D eigenvalue weighted by Crippen LogP contribution is -2.24. The number of amides is 2. The highest BCUT2D eigenvalue weighted by Gasteiger charge is 2.20. The number of carbonyl (C=O) groups is 2. The number of carbonyl (C=O) groups excluding carboxylic acids is 2. The van der Waals surface area contributed by atoms with Crippen LogP contribution in [0.2, 0.25) is 0 Å². The number of nitrogens with one attached hydrogen (secondary N) is 1. The molecule has 1 aromatic carbocycles. The predicted molar refractivity (Wildman–Crippen MR) is 98.1 cm³/mol. The summed E-state index contributed by atoms with van der Waals surface area (Å²) in [4.78, 5) is 23.8. The number of thioether (sulfide) groups is 1. The predicted octanol–water partition coefficient (Wildman–Crippen LogP) is 2.55. The minimum atomic E-state index is -0.569. The Morgan fingerprint density at radius 3 is 2.76 bits per heavy atom. The number of para-hydroxylation sites is 1. The van der Waals surface area contributed by atoms with E-state index < -0.39 is 11.2 Å². The van der Waals surface area contributed by atoms with Crippen LogP contribution in [0.1, 0.15) is 17.3 Å². The van der Waals surface area contributed by atoms with Crippen LogP contribution in [-0.2, 0) is 4.79 Å². The van der Waals surface area contributed by atoms with E-state index in [4.69, 9.17) is 5.73 Å². The normalized spacial score (nSPS) is 11.9. The number of nitrogens with two attached hydrogens (primary N) is 1. The zero-order valence-corrected chi connectivity index (χ0v) is 14.9. The Balaban J connectivity index is 1.72. The van der Waals surface area contributed by atoms with Crippen molar-refractivity contribution in [2.75, 3.05) is 5.32 Å². The first kappa shape index (κ1) is 17.2. The minimum absolute atomic E-state index is 0.238. The third-order valence-electron chi connectivity index (χ3n) is 3.37. The Morgan fingerprint density at radius 2 is 2.04 bits per heavy atom. The van der Waals surface area contributed by atoms with Crippen LogP contribution in [0.4, 0.5) is 5.00 Å². The summed E-state index contributed by atoms with van der Waals surface area (Å²) in [6, 6.07) is 11.2. The molecular formula is C16H15N5O2S2. The van der Waals surface area contributed by atoms with Crippen LogP contribution >= 0.6 is 23.1 Å². The van der Waals surface area contributed by atoms with Gasteiger partial charge in [-0.15, -0.1) is 21.5 Å². The summed E-state index contributed by atoms with van der Waals surface area (Å²) in [5, 5.41) is 13.1. The second-order valence-electron chi connectivity index (χ2n) is 5.10. The molecule has 0 aliphatic heterocycles. The van der Waals surface area contributed by atoms with E-state index in [1.807, 2.05) is 34.9 Å². The van der Waals surface area contributed by atoms with Crippen LogP contribution in [0.15, 0.2) is 53.3 Å². The molecule has 3 N–H and O–H groups in total. The first-order valence-electron chi connectivity index (χ1n) is 7.36. The average molecular weight is 373 g/mol. The summed E-state index contributed by atoms with van der Waals surface area (Å²) in [6.07, 6.45) is 1.60. The van der Waals surface area contributed by atoms with Crippen LogP contribution in [0.3, 0.4) is 0 Å². The van der Waals surface area contributed by atoms with Gasteiger partial charge in [-0.05, 0) is 30.5 Å². The molecule has 2 heterocycles. The van der Waals surface area contributed by atoms with Gasteiger partial charge in [-0.2, -0.15) is 0 Å². The first-order chi connectivity index (χ1) is 12.1. The molecule has 0 saturated heterocycles. The molecule has 1 atom stereocenters. The van der Waals surface area contributed by atoms with E-state index in [2.05, 4.69) is 15.5 Å². The minimum Gasteiger partial charge on any atom is -0.366 e. The number of rotatable bonds is 6. The SMILES string of the molecule is C[C@@H](Sc1nncn1-c1ccccc1)C(=O)Nc1sccc1C(N)=O. The van der Waals surface area contributed by atoms with Crippen LogP contribution in [-0.4, -0.2) is 31.8 Å². The molecule has 2 amide bonds. The molecule has 0 unspecified atom stereocenters. The maximum Gasteiger partial charge on any atom is 0.251 e. The number of hydrogen-bond donors (Lipinski definition) is 2. The van der Waals surface area contributed by atoms with Gasteiger partial charge in [0.1, 0.15) is 11.3 Å². The van der Waals surface area contributed by atoms with E-state index in [0.717, 1.165) is 5.69 Å². The van der Waals surface area contributed by atoms with E-state index in [-0.39, 0.29) is 5.91 Å². The van der Waals surface area contributed by atoms with Crippen LogP contribution in [0.5, 0.6) is 0 Å². The Hall–Kier alpha value is -2.65. The molecule has 2 aromatic heterocycles. The topological polar surface area (TPSA) is 103 Å². The summed E-state index contributed by atoms with van der Waals surface area (Å²) < 4.78 is 1.81. The van der Waals surface area contributed by atoms with Gasteiger partial charge in [-0.1, -0.05) is 30.0 Å². The maximum absolute atomic E-state index is 12.4. The van der Waals surface area contributed by atoms with Crippen molar-refractivity contribution in [2.24, 2.45) is 5.73 Å². The molecule has 128 valence electrons. The number of thiophene rings is 1. The smallest absolute Gasteiger partial charge is 0.251 e. The molecule has 7 nitrogen and oxygen atoms in total. The molecular weight excluding hydrogens is 358 g/mol. The molecule has 0 aliphatic carbocycles. The summed E-state index contributed by atoms with van der Waals surface area (Å²) in [7, 11) is 0. The van der Waals surface area contributed by atoms with Gasteiger partial charge >= 0.3 is 0 Å². The standard InChI is InChI=1S/C16H15N5O2S2/c1-10(14(23)19-15-12(13(17)22)7-8-24-15)25-16-20-18-9-21(16)11-5-3-2-4-6-11/h2-10H,1H3,(H2,17,22)(H,19,23)/t10-/m1/s1. The Kier molecular flexibility index (Phi) is 5.15. The maximum atomic E-state index is 12.4. The second-order valence-corrected chi connectivity index (χ2v) is 7.32. The molecule has 9 heteroatoms. The third-order valence-corrected chi connectivity index (χ3v) is 5.26. The van der Waals surface area contributed by atoms with Crippen molar-refractivity contribution in [1.82, 2.24) is 14.8 Å². The van der Waals surface area contributed by atoms with E-state index in [1.165, 1.54) is 23.1 Å². The highest BCUT2D eigenvalue weighted by Crippen LogP contribution is 2.27. The van der Waals surface area contributed by atoms with Gasteiger partial charge in [0.2, 0.25) is 5.91 Å². The van der Waals surface area contributed by atoms with E-state index in [9.17, 15) is 9.59 Å². The van der Waals surface area contributed by atoms with Crippen LogP contribution < -0.4 is 11.1 Å². The number of primary amides is 1. The lowest BCUT2D eigenvalue weighted by Gasteiger charge is -2.12. The summed E-state index contributed by atoms with van der Waals surface area (Å²) >= 11 is 2.54. The Bertz CT molecular complexity index is 891. The van der Waals surface area contributed by atoms with Crippen LogP contribution in [0.25, 0.3) is 5.69 Å². The van der Waals surface area contributed by atoms with Crippen molar-refractivity contribution in [3.8, 4) is 5.69 Å². The van der Waals surface area contributed by atoms with Crippen molar-refractivity contribution in [3.63, 3.8) is 0 Å². The molecule has 0 fully saturated rings. The van der Waals surface area contributed by atoms with Gasteiger partial charge in [-0.25, -0.2) is 0 Å². The van der Waals surface area contributed by atoms with Gasteiger partial charge in [-0.3, -0.25) is 14.2 Å². The molecule has 0 bridgehead atoms. The number of anilines is 1. The Morgan fingerprint density at radius 1 is 1.28 bits per heavy atom. The van der Waals surface area contributed by atoms with Crippen molar-refractivity contribution < 1.29 is 9.59 Å². The highest BCUT2D eigenvalue weighted by molar-refractivity contribution is 8.00. The largest absolute Gasteiger partial charge is 0.366 e. The second kappa shape index (κ2) is 7.49. The number of benzene rings is 1. The highest BCUT2D eigenvalue weighted by atomic mass is 32.2. The Labute approximate surface area is 152 Å². The van der Waals surface area contributed by atoms with Gasteiger partial charge in [0.25, 0.3) is 5.91 Å². The number of nitrogens with zero attached hydrogens (tertiary/aromatic N) is 3. The van der Waals surface area contributed by atoms with Gasteiger partial charge < -0.3 is 11.1 Å². The van der Waals surface area contributed by atoms with E-state index >= 15 is 0 Å². The summed E-state index contributed by atoms with van der Waals surface area (Å²) in [5.74, 6) is -0.807. The number of aromatic nitrogens is 3. The van der Waals surface area contributed by atoms with E-state index in [1.54, 1.807) is 24.7 Å². The molecule has 0 radical (unpaired) electrons. The van der Waals surface area contributed by atoms with Crippen molar-refractivity contribution in [3.05, 3.63) is 53.7 Å². The lowest BCUT2D eigenvalue weighted by atomic mass is 10.3. The monoisotopic (exact) mass is 373 g/mol. The summed E-state index contributed by atoms with van der Waals surface area (Å²) in [5.41, 5.74) is 6.52. The van der Waals surface area contributed by atoms with E-state index in [0.29, 0.717) is 15.7 Å². The summed E-state index contributed by atoms with van der Waals surface area (Å²) in [6.45, 7) is 1.77. The fraction of sp³-hybridized carbons (Fsp3) is 0.125. The fourth-order valence-electron chi connectivity index (χ4n) is 2.10. The van der Waals surface area contributed by atoms with Gasteiger partial charge in [0.15, 0.2) is 5.16 Å². The third kappa shape index (κ3) is 3.89. The molecule has 0 aliphatic rings. The molecule has 25 heavy (non-hydrogen) atoms. The first-order valence-corrected chi connectivity index (χ1v) is 9.12. The zero-order valence-electron chi connectivity index (χ0n) is 13.2. The average Bonchev–Trinajstić information content (AvgIpc) is 3.25. The van der Waals surface area contributed by atoms with Crippen molar-refractivity contribution in [1.29, 1.82) is 0 Å². The molecule has 3 rings (SSSR count).